The molecule has 1 N–H and O–H groups in total. The Labute approximate surface area is 138 Å². The number of imidazole rings is 1. The summed E-state index contributed by atoms with van der Waals surface area (Å²) >= 11 is 0. The van der Waals surface area contributed by atoms with Crippen LogP contribution in [0.2, 0.25) is 0 Å². The summed E-state index contributed by atoms with van der Waals surface area (Å²) in [5, 5.41) is 0. The van der Waals surface area contributed by atoms with E-state index >= 15 is 0 Å². The van der Waals surface area contributed by atoms with E-state index in [2.05, 4.69) is 37.0 Å². The van der Waals surface area contributed by atoms with E-state index in [0.29, 0.717) is 18.9 Å². The van der Waals surface area contributed by atoms with Crippen molar-refractivity contribution in [1.82, 2.24) is 19.9 Å². The molecule has 4 heterocycles. The van der Waals surface area contributed by atoms with Crippen LogP contribution in [0.15, 0.2) is 30.9 Å². The molecule has 1 saturated heterocycles. The normalized spacial score (nSPS) is 19.8. The number of nitrogens with zero attached hydrogens (tertiary/aromatic N) is 4. The third-order valence-electron chi connectivity index (χ3n) is 4.68. The van der Waals surface area contributed by atoms with Crippen LogP contribution in [0.3, 0.4) is 0 Å². The van der Waals surface area contributed by atoms with Gasteiger partial charge in [-0.3, -0.25) is 0 Å². The van der Waals surface area contributed by atoms with Crippen molar-refractivity contribution in [2.24, 2.45) is 0 Å². The van der Waals surface area contributed by atoms with Crippen molar-refractivity contribution >= 4 is 17.0 Å². The van der Waals surface area contributed by atoms with Crippen molar-refractivity contribution in [3.05, 3.63) is 36.4 Å². The third kappa shape index (κ3) is 2.08. The second-order valence-electron chi connectivity index (χ2n) is 6.05. The number of hydrogen-bond acceptors (Lipinski definition) is 6. The molecule has 3 aromatic rings. The predicted molar refractivity (Wildman–Crippen MR) is 88.4 cm³/mol. The lowest BCUT2D eigenvalue weighted by Crippen LogP contribution is -2.24. The number of aromatic amines is 1. The minimum atomic E-state index is 0.266. The second-order valence-corrected chi connectivity index (χ2v) is 6.05. The highest BCUT2D eigenvalue weighted by molar-refractivity contribution is 5.83. The predicted octanol–water partition coefficient (Wildman–Crippen LogP) is 2.47. The SMILES string of the molecule is c1nc(N2CCC[C@H]2c2ccc3c(c2)OCCO3)c2[nH]cnc2n1. The summed E-state index contributed by atoms with van der Waals surface area (Å²) < 4.78 is 11.4. The fraction of sp³-hybridized carbons (Fsp3) is 0.353. The van der Waals surface area contributed by atoms with Crippen LogP contribution in [0.25, 0.3) is 11.2 Å². The number of benzene rings is 1. The molecule has 0 unspecified atom stereocenters. The van der Waals surface area contributed by atoms with Crippen molar-refractivity contribution in [1.29, 1.82) is 0 Å². The zero-order chi connectivity index (χ0) is 15.9. The maximum Gasteiger partial charge on any atom is 0.182 e. The molecule has 0 bridgehead atoms. The Morgan fingerprint density at radius 2 is 2.00 bits per heavy atom. The topological polar surface area (TPSA) is 76.2 Å². The molecule has 0 saturated carbocycles. The lowest BCUT2D eigenvalue weighted by Gasteiger charge is -2.27. The second kappa shape index (κ2) is 5.36. The first kappa shape index (κ1) is 13.6. The quantitative estimate of drug-likeness (QED) is 0.781. The van der Waals surface area contributed by atoms with Crippen LogP contribution in [0.5, 0.6) is 11.5 Å². The van der Waals surface area contributed by atoms with Crippen LogP contribution in [0.4, 0.5) is 5.82 Å². The largest absolute Gasteiger partial charge is 0.486 e. The van der Waals surface area contributed by atoms with Gasteiger partial charge in [-0.05, 0) is 30.5 Å². The number of hydrogen-bond donors (Lipinski definition) is 1. The van der Waals surface area contributed by atoms with Gasteiger partial charge in [0.05, 0.1) is 12.4 Å². The highest BCUT2D eigenvalue weighted by atomic mass is 16.6. The van der Waals surface area contributed by atoms with E-state index in [1.54, 1.807) is 12.7 Å². The first-order valence-corrected chi connectivity index (χ1v) is 8.20. The van der Waals surface area contributed by atoms with Crippen LogP contribution < -0.4 is 14.4 Å². The fourth-order valence-corrected chi connectivity index (χ4v) is 3.60. The Kier molecular flexibility index (Phi) is 3.04. The number of anilines is 1. The van der Waals surface area contributed by atoms with Gasteiger partial charge in [-0.25, -0.2) is 15.0 Å². The fourth-order valence-electron chi connectivity index (χ4n) is 3.60. The summed E-state index contributed by atoms with van der Waals surface area (Å²) in [5.74, 6) is 2.57. The molecule has 0 aliphatic carbocycles. The van der Waals surface area contributed by atoms with E-state index < -0.39 is 0 Å². The van der Waals surface area contributed by atoms with E-state index in [-0.39, 0.29) is 6.04 Å². The van der Waals surface area contributed by atoms with Gasteiger partial charge in [0.15, 0.2) is 23.0 Å². The van der Waals surface area contributed by atoms with Crippen molar-refractivity contribution in [3.8, 4) is 11.5 Å². The molecule has 1 aromatic carbocycles. The lowest BCUT2D eigenvalue weighted by molar-refractivity contribution is 0.171. The van der Waals surface area contributed by atoms with Crippen LogP contribution >= 0.6 is 0 Å². The van der Waals surface area contributed by atoms with E-state index in [1.807, 2.05) is 6.07 Å². The first-order valence-electron chi connectivity index (χ1n) is 8.20. The molecule has 2 aliphatic heterocycles. The summed E-state index contributed by atoms with van der Waals surface area (Å²) in [6.45, 7) is 2.18. The molecule has 0 spiro atoms. The van der Waals surface area contributed by atoms with Gasteiger partial charge >= 0.3 is 0 Å². The Bertz CT molecular complexity index is 894. The molecule has 7 heteroatoms. The number of nitrogens with one attached hydrogen (secondary N) is 1. The molecule has 0 radical (unpaired) electrons. The third-order valence-corrected chi connectivity index (χ3v) is 4.68. The van der Waals surface area contributed by atoms with Gasteiger partial charge in [0, 0.05) is 6.54 Å². The average Bonchev–Trinajstić information content (AvgIpc) is 3.30. The molecule has 2 aliphatic rings. The highest BCUT2D eigenvalue weighted by Gasteiger charge is 2.30. The van der Waals surface area contributed by atoms with Crippen LogP contribution in [-0.4, -0.2) is 39.7 Å². The van der Waals surface area contributed by atoms with Gasteiger partial charge in [0.2, 0.25) is 0 Å². The van der Waals surface area contributed by atoms with Crippen LogP contribution in [0.1, 0.15) is 24.4 Å². The Hall–Kier alpha value is -2.83. The van der Waals surface area contributed by atoms with Crippen LogP contribution in [-0.2, 0) is 0 Å². The van der Waals surface area contributed by atoms with E-state index in [4.69, 9.17) is 9.47 Å². The molecule has 122 valence electrons. The number of fused-ring (bicyclic) bond motifs is 2. The molecule has 0 amide bonds. The Morgan fingerprint density at radius 1 is 1.08 bits per heavy atom. The summed E-state index contributed by atoms with van der Waals surface area (Å²) in [6, 6.07) is 6.50. The van der Waals surface area contributed by atoms with E-state index in [0.717, 1.165) is 42.2 Å². The lowest BCUT2D eigenvalue weighted by atomic mass is 10.0. The van der Waals surface area contributed by atoms with Crippen molar-refractivity contribution in [3.63, 3.8) is 0 Å². The number of H-pyrrole nitrogens is 1. The van der Waals surface area contributed by atoms with Gasteiger partial charge in [-0.1, -0.05) is 6.07 Å². The average molecular weight is 323 g/mol. The molecular weight excluding hydrogens is 306 g/mol. The van der Waals surface area contributed by atoms with Gasteiger partial charge in [0.1, 0.15) is 25.1 Å². The van der Waals surface area contributed by atoms with Crippen LogP contribution in [0, 0.1) is 0 Å². The minimum Gasteiger partial charge on any atom is -0.486 e. The van der Waals surface area contributed by atoms with Gasteiger partial charge in [-0.15, -0.1) is 0 Å². The van der Waals surface area contributed by atoms with E-state index in [9.17, 15) is 0 Å². The summed E-state index contributed by atoms with van der Waals surface area (Å²) in [6.07, 6.45) is 5.45. The van der Waals surface area contributed by atoms with Crippen molar-refractivity contribution in [2.75, 3.05) is 24.7 Å². The molecule has 24 heavy (non-hydrogen) atoms. The Balaban J connectivity index is 1.55. The van der Waals surface area contributed by atoms with Crippen molar-refractivity contribution < 1.29 is 9.47 Å². The zero-order valence-corrected chi connectivity index (χ0v) is 13.1. The number of ether oxygens (including phenoxy) is 2. The van der Waals surface area contributed by atoms with E-state index in [1.165, 1.54) is 5.56 Å². The number of rotatable bonds is 2. The van der Waals surface area contributed by atoms with Gasteiger partial charge < -0.3 is 19.4 Å². The highest BCUT2D eigenvalue weighted by Crippen LogP contribution is 2.40. The van der Waals surface area contributed by atoms with Gasteiger partial charge in [0.25, 0.3) is 0 Å². The minimum absolute atomic E-state index is 0.266. The summed E-state index contributed by atoms with van der Waals surface area (Å²) in [4.78, 5) is 18.5. The summed E-state index contributed by atoms with van der Waals surface area (Å²) in [7, 11) is 0. The summed E-state index contributed by atoms with van der Waals surface area (Å²) in [5.41, 5.74) is 2.82. The molecule has 7 nitrogen and oxygen atoms in total. The van der Waals surface area contributed by atoms with Gasteiger partial charge in [-0.2, -0.15) is 0 Å². The Morgan fingerprint density at radius 3 is 2.96 bits per heavy atom. The monoisotopic (exact) mass is 323 g/mol. The molecule has 5 rings (SSSR count). The molecule has 1 fully saturated rings. The van der Waals surface area contributed by atoms with Crippen molar-refractivity contribution in [2.45, 2.75) is 18.9 Å². The maximum atomic E-state index is 5.74. The molecular formula is C17H17N5O2. The first-order chi connectivity index (χ1) is 11.9. The molecule has 1 atom stereocenters. The maximum absolute atomic E-state index is 5.74. The molecule has 2 aromatic heterocycles. The smallest absolute Gasteiger partial charge is 0.182 e. The number of aromatic nitrogens is 4. The zero-order valence-electron chi connectivity index (χ0n) is 13.1. The standard InChI is InChI=1S/C17H17N5O2/c1-2-12(11-3-4-13-14(8-11)24-7-6-23-13)22(5-1)17-15-16(19-9-18-15)20-10-21-17/h3-4,8-10,12H,1-2,5-7H2,(H,18,19,20,21)/t12-/m0/s1.